The van der Waals surface area contributed by atoms with Gasteiger partial charge in [-0.15, -0.1) is 0 Å². The van der Waals surface area contributed by atoms with Crippen molar-refractivity contribution in [2.75, 3.05) is 0 Å². The third-order valence-electron chi connectivity index (χ3n) is 5.28. The minimum atomic E-state index is 0.132. The first-order valence-electron chi connectivity index (χ1n) is 5.57. The van der Waals surface area contributed by atoms with Gasteiger partial charge >= 0.3 is 0 Å². The molecule has 6 bridgehead atoms. The van der Waals surface area contributed by atoms with Crippen LogP contribution in [-0.2, 0) is 0 Å². The van der Waals surface area contributed by atoms with Crippen LogP contribution in [0.15, 0.2) is 0 Å². The Morgan fingerprint density at radius 1 is 0.750 bits per heavy atom. The van der Waals surface area contributed by atoms with Gasteiger partial charge in [0.25, 0.3) is 0 Å². The van der Waals surface area contributed by atoms with Crippen molar-refractivity contribution >= 4 is 0 Å². The van der Waals surface area contributed by atoms with Gasteiger partial charge in [0.1, 0.15) is 0 Å². The van der Waals surface area contributed by atoms with Crippen molar-refractivity contribution < 1.29 is 5.11 Å². The van der Waals surface area contributed by atoms with Crippen molar-refractivity contribution in [3.8, 4) is 0 Å². The van der Waals surface area contributed by atoms with Crippen LogP contribution in [0.4, 0.5) is 0 Å². The van der Waals surface area contributed by atoms with Crippen LogP contribution in [0.3, 0.4) is 0 Å². The van der Waals surface area contributed by atoms with E-state index >= 15 is 0 Å². The fraction of sp³-hybridized carbons (Fsp3) is 1.00. The predicted octanol–water partition coefficient (Wildman–Crippen LogP) is 1.66. The van der Waals surface area contributed by atoms with E-state index in [1.54, 1.807) is 0 Å². The van der Waals surface area contributed by atoms with Crippen molar-refractivity contribution in [1.29, 1.82) is 0 Å². The van der Waals surface area contributed by atoms with Gasteiger partial charge in [-0.05, 0) is 48.3 Å². The van der Waals surface area contributed by atoms with E-state index < -0.39 is 0 Å². The van der Waals surface area contributed by atoms with Crippen LogP contribution >= 0.6 is 0 Å². The first kappa shape index (κ1) is 6.42. The molecule has 7 atom stereocenters. The second kappa shape index (κ2) is 1.75. The third kappa shape index (κ3) is 0.477. The SMILES string of the molecule is O[C@H]1C2[C@@H]3[C@H]2[C@H]2CCCC[C@@H]3C12. The lowest BCUT2D eigenvalue weighted by Gasteiger charge is -2.18. The molecule has 0 amide bonds. The summed E-state index contributed by atoms with van der Waals surface area (Å²) in [5.74, 6) is 5.45. The Morgan fingerprint density at radius 2 is 1.33 bits per heavy atom. The summed E-state index contributed by atoms with van der Waals surface area (Å²) in [6, 6.07) is 0. The zero-order valence-electron chi connectivity index (χ0n) is 7.32. The smallest absolute Gasteiger partial charge is 0.0607 e. The highest BCUT2D eigenvalue weighted by molar-refractivity contribution is 5.24. The second-order valence-corrected chi connectivity index (χ2v) is 5.41. The standard InChI is InChI=1S/C11H16O/c12-11-7-5-3-1-2-4-6(7)9-8(5)10(9)11/h5-12H,1-4H2/t5-,6+,7?,8+,9-,10?,11-/m1/s1. The summed E-state index contributed by atoms with van der Waals surface area (Å²) in [7, 11) is 0. The predicted molar refractivity (Wildman–Crippen MR) is 45.4 cm³/mol. The molecule has 0 saturated heterocycles. The molecule has 1 nitrogen and oxygen atoms in total. The Kier molecular flexibility index (Phi) is 0.934. The molecular weight excluding hydrogens is 148 g/mol. The highest BCUT2D eigenvalue weighted by Gasteiger charge is 2.77. The monoisotopic (exact) mass is 164 g/mol. The molecule has 2 unspecified atom stereocenters. The van der Waals surface area contributed by atoms with Gasteiger partial charge in [-0.1, -0.05) is 12.8 Å². The summed E-state index contributed by atoms with van der Waals surface area (Å²) in [6.45, 7) is 0. The third-order valence-corrected chi connectivity index (χ3v) is 5.28. The highest BCUT2D eigenvalue weighted by atomic mass is 16.3. The summed E-state index contributed by atoms with van der Waals surface area (Å²) >= 11 is 0. The van der Waals surface area contributed by atoms with Gasteiger partial charge in [0.2, 0.25) is 0 Å². The van der Waals surface area contributed by atoms with E-state index in [4.69, 9.17) is 0 Å². The Balaban J connectivity index is 1.81. The lowest BCUT2D eigenvalue weighted by Crippen LogP contribution is -2.19. The minimum absolute atomic E-state index is 0.132. The molecule has 0 heterocycles. The molecule has 5 fully saturated rings. The largest absolute Gasteiger partial charge is 0.393 e. The van der Waals surface area contributed by atoms with E-state index in [1.807, 2.05) is 0 Å². The van der Waals surface area contributed by atoms with Crippen molar-refractivity contribution in [1.82, 2.24) is 0 Å². The Morgan fingerprint density at radius 3 is 1.83 bits per heavy atom. The molecule has 0 aromatic rings. The molecule has 5 rings (SSSR count). The number of hydrogen-bond acceptors (Lipinski definition) is 1. The van der Waals surface area contributed by atoms with Crippen LogP contribution in [0, 0.1) is 35.5 Å². The molecular formula is C11H16O. The van der Waals surface area contributed by atoms with E-state index in [1.165, 1.54) is 25.7 Å². The summed E-state index contributed by atoms with van der Waals surface area (Å²) in [4.78, 5) is 0. The molecule has 66 valence electrons. The number of aliphatic hydroxyl groups is 1. The van der Waals surface area contributed by atoms with Crippen LogP contribution in [0.5, 0.6) is 0 Å². The summed E-state index contributed by atoms with van der Waals surface area (Å²) in [5, 5.41) is 9.98. The first-order chi connectivity index (χ1) is 5.89. The molecule has 5 aliphatic carbocycles. The van der Waals surface area contributed by atoms with Crippen molar-refractivity contribution in [3.05, 3.63) is 0 Å². The zero-order chi connectivity index (χ0) is 7.87. The molecule has 0 radical (unpaired) electrons. The summed E-state index contributed by atoms with van der Waals surface area (Å²) in [6.07, 6.45) is 5.90. The summed E-state index contributed by atoms with van der Waals surface area (Å²) < 4.78 is 0. The molecule has 0 aromatic heterocycles. The Hall–Kier alpha value is -0.0400. The number of hydrogen-bond donors (Lipinski definition) is 1. The molecule has 1 N–H and O–H groups in total. The minimum Gasteiger partial charge on any atom is -0.393 e. The molecule has 0 aromatic carbocycles. The molecule has 0 aliphatic heterocycles. The van der Waals surface area contributed by atoms with Crippen LogP contribution in [-0.4, -0.2) is 11.2 Å². The van der Waals surface area contributed by atoms with Crippen molar-refractivity contribution in [2.45, 2.75) is 31.8 Å². The lowest BCUT2D eigenvalue weighted by molar-refractivity contribution is 0.107. The van der Waals surface area contributed by atoms with Crippen LogP contribution in [0.2, 0.25) is 0 Å². The maximum atomic E-state index is 9.98. The van der Waals surface area contributed by atoms with Crippen LogP contribution < -0.4 is 0 Å². The quantitative estimate of drug-likeness (QED) is 0.577. The van der Waals surface area contributed by atoms with E-state index in [-0.39, 0.29) is 6.10 Å². The molecule has 5 aliphatic rings. The average Bonchev–Trinajstić information content (AvgIpc) is 2.54. The van der Waals surface area contributed by atoms with Crippen molar-refractivity contribution in [3.63, 3.8) is 0 Å². The van der Waals surface area contributed by atoms with E-state index in [0.29, 0.717) is 0 Å². The molecule has 1 heteroatoms. The van der Waals surface area contributed by atoms with Crippen LogP contribution in [0.1, 0.15) is 25.7 Å². The maximum absolute atomic E-state index is 9.98. The first-order valence-corrected chi connectivity index (χ1v) is 5.57. The van der Waals surface area contributed by atoms with E-state index in [9.17, 15) is 5.11 Å². The fourth-order valence-corrected chi connectivity index (χ4v) is 5.11. The second-order valence-electron chi connectivity index (χ2n) is 5.41. The maximum Gasteiger partial charge on any atom is 0.0607 e. The zero-order valence-corrected chi connectivity index (χ0v) is 7.32. The summed E-state index contributed by atoms with van der Waals surface area (Å²) in [5.41, 5.74) is 0. The van der Waals surface area contributed by atoms with E-state index in [2.05, 4.69) is 0 Å². The molecule has 12 heavy (non-hydrogen) atoms. The molecule has 0 spiro atoms. The topological polar surface area (TPSA) is 20.2 Å². The van der Waals surface area contributed by atoms with Gasteiger partial charge in [-0.25, -0.2) is 0 Å². The lowest BCUT2D eigenvalue weighted by atomic mass is 9.89. The van der Waals surface area contributed by atoms with Gasteiger partial charge in [-0.2, -0.15) is 0 Å². The fourth-order valence-electron chi connectivity index (χ4n) is 5.11. The van der Waals surface area contributed by atoms with Gasteiger partial charge in [0.05, 0.1) is 6.10 Å². The van der Waals surface area contributed by atoms with Crippen molar-refractivity contribution in [2.24, 2.45) is 35.5 Å². The Bertz CT molecular complexity index is 217. The normalized spacial score (nSPS) is 71.2. The number of rotatable bonds is 0. The van der Waals surface area contributed by atoms with Gasteiger partial charge in [0, 0.05) is 0 Å². The highest BCUT2D eigenvalue weighted by Crippen LogP contribution is 2.78. The van der Waals surface area contributed by atoms with E-state index in [0.717, 1.165) is 35.5 Å². The molecule has 5 saturated carbocycles. The van der Waals surface area contributed by atoms with Crippen LogP contribution in [0.25, 0.3) is 0 Å². The van der Waals surface area contributed by atoms with Gasteiger partial charge < -0.3 is 5.11 Å². The number of aliphatic hydroxyl groups excluding tert-OH is 1. The average molecular weight is 164 g/mol. The van der Waals surface area contributed by atoms with Gasteiger partial charge in [0.15, 0.2) is 0 Å². The Labute approximate surface area is 73.2 Å². The van der Waals surface area contributed by atoms with Gasteiger partial charge in [-0.3, -0.25) is 0 Å².